The molecule has 0 aromatic carbocycles. The van der Waals surface area contributed by atoms with Crippen LogP contribution in [0.2, 0.25) is 0 Å². The summed E-state index contributed by atoms with van der Waals surface area (Å²) in [6.07, 6.45) is 10.2. The normalized spacial score (nSPS) is 20.4. The first-order valence-electron chi connectivity index (χ1n) is 11.5. The lowest BCUT2D eigenvalue weighted by Crippen LogP contribution is -2.43. The number of aromatic nitrogens is 2. The van der Waals surface area contributed by atoms with Crippen molar-refractivity contribution < 1.29 is 14.0 Å². The molecule has 2 saturated heterocycles. The number of hydroxylamine groups is 2. The number of carbonyl (C=O) groups excluding carboxylic acids is 1. The summed E-state index contributed by atoms with van der Waals surface area (Å²) in [5, 5.41) is 18.1. The molecule has 3 N–H and O–H groups in total. The number of nitrogens with one attached hydrogen (secondary N) is 1. The number of hydrogen-bond acceptors (Lipinski definition) is 8. The van der Waals surface area contributed by atoms with Crippen LogP contribution in [0.1, 0.15) is 38.8 Å². The fraction of sp³-hybridized carbons (Fsp3) is 0.400. The Morgan fingerprint density at radius 1 is 1.34 bits per heavy atom. The highest BCUT2D eigenvalue weighted by atomic mass is 19.1. The molecular formula is C25H30FN7O2. The Morgan fingerprint density at radius 3 is 2.71 bits per heavy atom. The Morgan fingerprint density at radius 2 is 2.09 bits per heavy atom. The van der Waals surface area contributed by atoms with Crippen molar-refractivity contribution in [1.82, 2.24) is 15.0 Å². The summed E-state index contributed by atoms with van der Waals surface area (Å²) in [5.41, 5.74) is 7.33. The van der Waals surface area contributed by atoms with E-state index >= 15 is 0 Å². The molecule has 2 fully saturated rings. The highest BCUT2D eigenvalue weighted by molar-refractivity contribution is 6.20. The molecule has 3 rings (SSSR count). The van der Waals surface area contributed by atoms with Gasteiger partial charge in [-0.25, -0.2) is 19.4 Å². The van der Waals surface area contributed by atoms with Gasteiger partial charge in [0.1, 0.15) is 18.0 Å². The van der Waals surface area contributed by atoms with E-state index in [-0.39, 0.29) is 23.4 Å². The van der Waals surface area contributed by atoms with Gasteiger partial charge in [-0.1, -0.05) is 12.2 Å². The fourth-order valence-corrected chi connectivity index (χ4v) is 4.07. The molecule has 9 nitrogen and oxygen atoms in total. The SMILES string of the molecule is C\C=C(C#N)/C=C(F)\C=C\[C@@H]1CCON1C(=O)C1CCN(c2cc(/C(=C/N)C(C)=N)ncn2)CC1. The molecule has 2 aliphatic rings. The monoisotopic (exact) mass is 479 g/mol. The lowest BCUT2D eigenvalue weighted by atomic mass is 9.95. The third-order valence-electron chi connectivity index (χ3n) is 6.04. The first-order valence-corrected chi connectivity index (χ1v) is 11.5. The molecular weight excluding hydrogens is 449 g/mol. The van der Waals surface area contributed by atoms with Crippen LogP contribution in [-0.2, 0) is 9.63 Å². The minimum atomic E-state index is -0.553. The summed E-state index contributed by atoms with van der Waals surface area (Å²) in [5.74, 6) is -0.149. The second-order valence-corrected chi connectivity index (χ2v) is 8.33. The summed E-state index contributed by atoms with van der Waals surface area (Å²) in [6.45, 7) is 4.96. The third kappa shape index (κ3) is 6.39. The second kappa shape index (κ2) is 12.0. The average molecular weight is 480 g/mol. The van der Waals surface area contributed by atoms with Crippen LogP contribution in [0.5, 0.6) is 0 Å². The van der Waals surface area contributed by atoms with Crippen LogP contribution in [-0.4, -0.2) is 52.4 Å². The molecule has 3 heterocycles. The van der Waals surface area contributed by atoms with E-state index < -0.39 is 5.83 Å². The second-order valence-electron chi connectivity index (χ2n) is 8.33. The molecule has 1 aromatic rings. The number of rotatable bonds is 7. The van der Waals surface area contributed by atoms with E-state index in [0.29, 0.717) is 55.9 Å². The number of carbonyl (C=O) groups is 1. The largest absolute Gasteiger partial charge is 0.404 e. The Balaban J connectivity index is 1.62. The predicted molar refractivity (Wildman–Crippen MR) is 131 cm³/mol. The van der Waals surface area contributed by atoms with Crippen molar-refractivity contribution >= 4 is 23.0 Å². The number of anilines is 1. The molecule has 0 radical (unpaired) electrons. The van der Waals surface area contributed by atoms with Gasteiger partial charge in [-0.05, 0) is 45.3 Å². The van der Waals surface area contributed by atoms with Crippen LogP contribution >= 0.6 is 0 Å². The van der Waals surface area contributed by atoms with Crippen molar-refractivity contribution in [2.45, 2.75) is 39.2 Å². The van der Waals surface area contributed by atoms with Crippen molar-refractivity contribution in [3.05, 3.63) is 60.0 Å². The van der Waals surface area contributed by atoms with Gasteiger partial charge in [0.15, 0.2) is 0 Å². The smallest absolute Gasteiger partial charge is 0.249 e. The summed E-state index contributed by atoms with van der Waals surface area (Å²) >= 11 is 0. The number of amides is 1. The van der Waals surface area contributed by atoms with Gasteiger partial charge in [0.05, 0.1) is 30.0 Å². The summed E-state index contributed by atoms with van der Waals surface area (Å²) in [7, 11) is 0. The molecule has 10 heteroatoms. The minimum Gasteiger partial charge on any atom is -0.404 e. The van der Waals surface area contributed by atoms with E-state index in [4.69, 9.17) is 21.2 Å². The highest BCUT2D eigenvalue weighted by Gasteiger charge is 2.35. The molecule has 0 saturated carbocycles. The van der Waals surface area contributed by atoms with Gasteiger partial charge in [-0.3, -0.25) is 9.63 Å². The number of hydrogen-bond donors (Lipinski definition) is 2. The zero-order chi connectivity index (χ0) is 25.4. The van der Waals surface area contributed by atoms with Gasteiger partial charge in [0, 0.05) is 42.6 Å². The Labute approximate surface area is 204 Å². The van der Waals surface area contributed by atoms with E-state index in [1.807, 2.05) is 6.07 Å². The van der Waals surface area contributed by atoms with Crippen molar-refractivity contribution in [2.24, 2.45) is 11.7 Å². The van der Waals surface area contributed by atoms with Gasteiger partial charge < -0.3 is 16.0 Å². The third-order valence-corrected chi connectivity index (χ3v) is 6.04. The fourth-order valence-electron chi connectivity index (χ4n) is 4.07. The van der Waals surface area contributed by atoms with E-state index in [1.165, 1.54) is 29.7 Å². The van der Waals surface area contributed by atoms with Crippen molar-refractivity contribution in [3.8, 4) is 6.07 Å². The topological polar surface area (TPSA) is 132 Å². The zero-order valence-corrected chi connectivity index (χ0v) is 19.9. The van der Waals surface area contributed by atoms with Crippen LogP contribution in [0.3, 0.4) is 0 Å². The Kier molecular flexibility index (Phi) is 8.86. The summed E-state index contributed by atoms with van der Waals surface area (Å²) < 4.78 is 14.1. The first kappa shape index (κ1) is 25.8. The maximum absolute atomic E-state index is 14.1. The number of halogens is 1. The van der Waals surface area contributed by atoms with Crippen LogP contribution in [0, 0.1) is 22.7 Å². The number of nitriles is 1. The maximum Gasteiger partial charge on any atom is 0.249 e. The van der Waals surface area contributed by atoms with Crippen LogP contribution < -0.4 is 10.6 Å². The van der Waals surface area contributed by atoms with Crippen LogP contribution in [0.25, 0.3) is 5.57 Å². The number of nitrogens with zero attached hydrogens (tertiary/aromatic N) is 5. The molecule has 1 aromatic heterocycles. The Hall–Kier alpha value is -3.84. The van der Waals surface area contributed by atoms with Crippen molar-refractivity contribution in [3.63, 3.8) is 0 Å². The highest BCUT2D eigenvalue weighted by Crippen LogP contribution is 2.28. The molecule has 0 unspecified atom stereocenters. The lowest BCUT2D eigenvalue weighted by molar-refractivity contribution is -0.178. The quantitative estimate of drug-likeness (QED) is 0.348. The number of piperidine rings is 1. The Bertz CT molecular complexity index is 1110. The van der Waals surface area contributed by atoms with Gasteiger partial charge in [-0.15, -0.1) is 0 Å². The number of nitrogens with two attached hydrogens (primary N) is 1. The maximum atomic E-state index is 14.1. The molecule has 0 bridgehead atoms. The van der Waals surface area contributed by atoms with Gasteiger partial charge in [-0.2, -0.15) is 5.26 Å². The number of allylic oxidation sites excluding steroid dienone is 6. The van der Waals surface area contributed by atoms with Gasteiger partial charge in [0.25, 0.3) is 0 Å². The van der Waals surface area contributed by atoms with E-state index in [1.54, 1.807) is 26.0 Å². The molecule has 0 spiro atoms. The average Bonchev–Trinajstić information content (AvgIpc) is 3.35. The molecule has 1 amide bonds. The summed E-state index contributed by atoms with van der Waals surface area (Å²) in [6, 6.07) is 3.35. The lowest BCUT2D eigenvalue weighted by Gasteiger charge is -2.34. The predicted octanol–water partition coefficient (Wildman–Crippen LogP) is 3.44. The van der Waals surface area contributed by atoms with E-state index in [0.717, 1.165) is 11.9 Å². The molecule has 0 aliphatic carbocycles. The molecule has 1 atom stereocenters. The molecule has 2 aliphatic heterocycles. The molecule has 184 valence electrons. The van der Waals surface area contributed by atoms with E-state index in [9.17, 15) is 9.18 Å². The molecule has 35 heavy (non-hydrogen) atoms. The first-order chi connectivity index (χ1) is 16.9. The van der Waals surface area contributed by atoms with Gasteiger partial charge >= 0.3 is 0 Å². The van der Waals surface area contributed by atoms with Gasteiger partial charge in [0.2, 0.25) is 5.91 Å². The van der Waals surface area contributed by atoms with Crippen molar-refractivity contribution in [1.29, 1.82) is 10.7 Å². The van der Waals surface area contributed by atoms with Crippen LogP contribution in [0.15, 0.2) is 54.3 Å². The van der Waals surface area contributed by atoms with E-state index in [2.05, 4.69) is 14.9 Å². The standard InChI is InChI=1S/C25H30FN7O2/c1-3-18(14-27)12-20(26)4-5-21-8-11-35-33(21)25(34)19-6-9-32(10-7-19)24-13-23(30-16-31-24)22(15-28)17(2)29/h3-5,12-13,15-16,19,21,29H,6-11,28H2,1-2H3/b5-4+,18-3+,20-12+,22-15+,29-17?/t21-/m1/s1. The van der Waals surface area contributed by atoms with Crippen molar-refractivity contribution in [2.75, 3.05) is 24.6 Å². The summed E-state index contributed by atoms with van der Waals surface area (Å²) in [4.78, 5) is 29.4. The van der Waals surface area contributed by atoms with Crippen LogP contribution in [0.4, 0.5) is 10.2 Å². The minimum absolute atomic E-state index is 0.108. The zero-order valence-electron chi connectivity index (χ0n) is 19.9.